The fourth-order valence-electron chi connectivity index (χ4n) is 3.74. The van der Waals surface area contributed by atoms with Crippen molar-refractivity contribution in [1.29, 1.82) is 0 Å². The Hall–Kier alpha value is -2.94. The third kappa shape index (κ3) is 2.93. The third-order valence-corrected chi connectivity index (χ3v) is 5.40. The zero-order chi connectivity index (χ0) is 18.9. The fourth-order valence-corrected chi connectivity index (χ4v) is 3.74. The molecule has 3 heteroatoms. The molecule has 136 valence electrons. The van der Waals surface area contributed by atoms with Gasteiger partial charge in [-0.2, -0.15) is 0 Å². The summed E-state index contributed by atoms with van der Waals surface area (Å²) < 4.78 is 21.6. The van der Waals surface area contributed by atoms with Crippen molar-refractivity contribution in [3.63, 3.8) is 0 Å². The van der Waals surface area contributed by atoms with Crippen LogP contribution in [0.15, 0.2) is 84.9 Å². The number of hydrogen-bond acceptors (Lipinski definition) is 2. The lowest BCUT2D eigenvalue weighted by atomic mass is 9.89. The monoisotopic (exact) mass is 360 g/mol. The number of alkyl halides is 1. The van der Waals surface area contributed by atoms with E-state index in [1.807, 2.05) is 67.6 Å². The second kappa shape index (κ2) is 6.66. The quantitative estimate of drug-likeness (QED) is 0.581. The average molecular weight is 360 g/mol. The number of esters is 1. The predicted octanol–water partition coefficient (Wildman–Crippen LogP) is 5.24. The van der Waals surface area contributed by atoms with Crippen molar-refractivity contribution in [3.05, 3.63) is 107 Å². The number of hydrogen-bond donors (Lipinski definition) is 0. The molecule has 0 heterocycles. The first-order valence-corrected chi connectivity index (χ1v) is 9.09. The van der Waals surface area contributed by atoms with Crippen LogP contribution < -0.4 is 0 Å². The molecule has 1 aliphatic rings. The van der Waals surface area contributed by atoms with Gasteiger partial charge in [0.25, 0.3) is 0 Å². The van der Waals surface area contributed by atoms with E-state index in [9.17, 15) is 4.79 Å². The molecule has 1 aliphatic carbocycles. The van der Waals surface area contributed by atoms with Gasteiger partial charge in [-0.05, 0) is 23.6 Å². The molecule has 2 atom stereocenters. The summed E-state index contributed by atoms with van der Waals surface area (Å²) in [5, 5.41) is 0. The lowest BCUT2D eigenvalue weighted by Crippen LogP contribution is -2.30. The molecule has 27 heavy (non-hydrogen) atoms. The third-order valence-electron chi connectivity index (χ3n) is 5.40. The maximum atomic E-state index is 16.0. The molecule has 0 amide bonds. The van der Waals surface area contributed by atoms with Gasteiger partial charge in [-0.15, -0.1) is 0 Å². The Kier molecular flexibility index (Phi) is 4.31. The van der Waals surface area contributed by atoms with Crippen molar-refractivity contribution in [2.45, 2.75) is 31.0 Å². The summed E-state index contributed by atoms with van der Waals surface area (Å²) >= 11 is 0. The molecular weight excluding hydrogens is 339 g/mol. The molecule has 0 saturated heterocycles. The van der Waals surface area contributed by atoms with E-state index >= 15 is 4.39 Å². The molecule has 0 N–H and O–H groups in total. The van der Waals surface area contributed by atoms with Crippen molar-refractivity contribution < 1.29 is 13.9 Å². The Labute approximate surface area is 158 Å². The van der Waals surface area contributed by atoms with Crippen molar-refractivity contribution in [3.8, 4) is 0 Å². The van der Waals surface area contributed by atoms with Crippen LogP contribution in [0.25, 0.3) is 0 Å². The van der Waals surface area contributed by atoms with Gasteiger partial charge in [0.15, 0.2) is 5.67 Å². The Morgan fingerprint density at radius 2 is 1.48 bits per heavy atom. The maximum absolute atomic E-state index is 16.0. The standard InChI is InChI=1S/C24H21FO2/c1-18-12-14-21(15-13-18)24(25)17-23(24,20-10-6-3-7-11-20)22(26)27-16-19-8-4-2-5-9-19/h2-15H,16-17H2,1H3/t23-,24-/m1/s1. The Balaban J connectivity index is 1.66. The topological polar surface area (TPSA) is 26.3 Å². The highest BCUT2D eigenvalue weighted by molar-refractivity contribution is 5.90. The zero-order valence-corrected chi connectivity index (χ0v) is 15.2. The van der Waals surface area contributed by atoms with Crippen LogP contribution in [0.1, 0.15) is 28.7 Å². The molecular formula is C24H21FO2. The van der Waals surface area contributed by atoms with Gasteiger partial charge in [0.05, 0.1) is 0 Å². The van der Waals surface area contributed by atoms with Gasteiger partial charge in [-0.3, -0.25) is 4.79 Å². The number of aryl methyl sites for hydroxylation is 1. The van der Waals surface area contributed by atoms with Crippen LogP contribution in [0.2, 0.25) is 0 Å². The number of carbonyl (C=O) groups is 1. The van der Waals surface area contributed by atoms with E-state index in [4.69, 9.17) is 4.74 Å². The Morgan fingerprint density at radius 3 is 2.11 bits per heavy atom. The second-order valence-corrected chi connectivity index (χ2v) is 7.18. The van der Waals surface area contributed by atoms with Gasteiger partial charge in [0.2, 0.25) is 0 Å². The highest BCUT2D eigenvalue weighted by Gasteiger charge is 2.76. The molecule has 0 aromatic heterocycles. The minimum absolute atomic E-state index is 0.0979. The summed E-state index contributed by atoms with van der Waals surface area (Å²) in [6.45, 7) is 2.10. The normalized spacial score (nSPS) is 23.6. The van der Waals surface area contributed by atoms with E-state index in [1.54, 1.807) is 24.3 Å². The molecule has 0 spiro atoms. The van der Waals surface area contributed by atoms with E-state index in [0.29, 0.717) is 11.1 Å². The van der Waals surface area contributed by atoms with Crippen molar-refractivity contribution >= 4 is 5.97 Å². The van der Waals surface area contributed by atoms with Crippen molar-refractivity contribution in [2.75, 3.05) is 0 Å². The molecule has 4 rings (SSSR count). The van der Waals surface area contributed by atoms with Crippen LogP contribution in [0.4, 0.5) is 4.39 Å². The summed E-state index contributed by atoms with van der Waals surface area (Å²) in [7, 11) is 0. The Bertz CT molecular complexity index is 937. The van der Waals surface area contributed by atoms with Crippen LogP contribution in [0, 0.1) is 6.92 Å². The number of halogens is 1. The maximum Gasteiger partial charge on any atom is 0.320 e. The summed E-state index contributed by atoms with van der Waals surface area (Å²) in [5.41, 5.74) is 0.0722. The largest absolute Gasteiger partial charge is 0.460 e. The van der Waals surface area contributed by atoms with E-state index in [1.165, 1.54) is 0 Å². The van der Waals surface area contributed by atoms with Crippen LogP contribution in [-0.2, 0) is 27.2 Å². The van der Waals surface area contributed by atoms with Crippen LogP contribution in [-0.4, -0.2) is 5.97 Å². The lowest BCUT2D eigenvalue weighted by molar-refractivity contribution is -0.149. The number of ether oxygens (including phenoxy) is 1. The summed E-state index contributed by atoms with van der Waals surface area (Å²) in [5.74, 6) is -0.513. The van der Waals surface area contributed by atoms with Gasteiger partial charge in [0.1, 0.15) is 12.0 Å². The van der Waals surface area contributed by atoms with Crippen LogP contribution in [0.5, 0.6) is 0 Å². The number of benzene rings is 3. The fraction of sp³-hybridized carbons (Fsp3) is 0.208. The molecule has 0 aliphatic heterocycles. The molecule has 1 saturated carbocycles. The highest BCUT2D eigenvalue weighted by atomic mass is 19.1. The Morgan fingerprint density at radius 1 is 0.889 bits per heavy atom. The first-order valence-electron chi connectivity index (χ1n) is 9.09. The minimum Gasteiger partial charge on any atom is -0.460 e. The van der Waals surface area contributed by atoms with Gasteiger partial charge in [-0.25, -0.2) is 4.39 Å². The van der Waals surface area contributed by atoms with Gasteiger partial charge in [0, 0.05) is 6.42 Å². The van der Waals surface area contributed by atoms with Gasteiger partial charge < -0.3 is 4.74 Å². The average Bonchev–Trinajstić information content (AvgIpc) is 3.36. The smallest absolute Gasteiger partial charge is 0.320 e. The van der Waals surface area contributed by atoms with Crippen molar-refractivity contribution in [2.24, 2.45) is 0 Å². The van der Waals surface area contributed by atoms with E-state index in [-0.39, 0.29) is 13.0 Å². The van der Waals surface area contributed by atoms with E-state index < -0.39 is 17.1 Å². The molecule has 2 nitrogen and oxygen atoms in total. The van der Waals surface area contributed by atoms with Crippen LogP contribution in [0.3, 0.4) is 0 Å². The first-order chi connectivity index (χ1) is 13.1. The number of rotatable bonds is 5. The molecule has 0 bridgehead atoms. The first kappa shape index (κ1) is 17.5. The SMILES string of the molecule is Cc1ccc([C@]2(F)C[C@]2(C(=O)OCc2ccccc2)c2ccccc2)cc1. The minimum atomic E-state index is -1.75. The highest BCUT2D eigenvalue weighted by Crippen LogP contribution is 2.67. The predicted molar refractivity (Wildman–Crippen MR) is 103 cm³/mol. The summed E-state index contributed by atoms with van der Waals surface area (Å²) in [6.07, 6.45) is 0.0979. The molecule has 1 fully saturated rings. The molecule has 0 unspecified atom stereocenters. The zero-order valence-electron chi connectivity index (χ0n) is 15.2. The van der Waals surface area contributed by atoms with Gasteiger partial charge >= 0.3 is 5.97 Å². The molecule has 0 radical (unpaired) electrons. The second-order valence-electron chi connectivity index (χ2n) is 7.18. The molecule has 3 aromatic rings. The van der Waals surface area contributed by atoms with E-state index in [2.05, 4.69) is 0 Å². The number of carbonyl (C=O) groups excluding carboxylic acids is 1. The molecule has 3 aromatic carbocycles. The summed E-state index contributed by atoms with van der Waals surface area (Å²) in [4.78, 5) is 13.1. The van der Waals surface area contributed by atoms with Crippen LogP contribution >= 0.6 is 0 Å². The van der Waals surface area contributed by atoms with Crippen molar-refractivity contribution in [1.82, 2.24) is 0 Å². The van der Waals surface area contributed by atoms with Gasteiger partial charge in [-0.1, -0.05) is 90.5 Å². The summed E-state index contributed by atoms with van der Waals surface area (Å²) in [6, 6.07) is 25.9. The van der Waals surface area contributed by atoms with E-state index in [0.717, 1.165) is 11.1 Å². The lowest BCUT2D eigenvalue weighted by Gasteiger charge is -2.20.